The molecule has 0 saturated carbocycles. The van der Waals surface area contributed by atoms with Crippen molar-refractivity contribution in [3.8, 4) is 0 Å². The van der Waals surface area contributed by atoms with Crippen LogP contribution < -0.4 is 5.73 Å². The van der Waals surface area contributed by atoms with E-state index in [1.54, 1.807) is 0 Å². The van der Waals surface area contributed by atoms with Gasteiger partial charge in [-0.1, -0.05) is 26.2 Å². The van der Waals surface area contributed by atoms with Gasteiger partial charge in [0.15, 0.2) is 0 Å². The van der Waals surface area contributed by atoms with Crippen LogP contribution in [0.5, 0.6) is 0 Å². The lowest BCUT2D eigenvalue weighted by atomic mass is 10.0. The zero-order chi connectivity index (χ0) is 11.3. The lowest BCUT2D eigenvalue weighted by Gasteiger charge is -2.12. The van der Waals surface area contributed by atoms with Gasteiger partial charge in [-0.25, -0.2) is 8.78 Å². The van der Waals surface area contributed by atoms with Gasteiger partial charge in [0.25, 0.3) is 0 Å². The number of unbranched alkanes of at least 4 members (excludes halogenated alkanes) is 2. The zero-order valence-electron chi connectivity index (χ0n) is 9.38. The topological polar surface area (TPSA) is 26.0 Å². The van der Waals surface area contributed by atoms with Crippen molar-refractivity contribution in [1.82, 2.24) is 0 Å². The Labute approximate surface area is 101 Å². The van der Waals surface area contributed by atoms with E-state index in [2.05, 4.69) is 6.92 Å². The summed E-state index contributed by atoms with van der Waals surface area (Å²) >= 11 is 0. The standard InChI is InChI=1S/C12H17F2N.ClH/c1-2-3-4-5-12(15)10-8-9(13)6-7-11(10)14;/h6-8,12H,2-5,15H2,1H3;1H. The van der Waals surface area contributed by atoms with Gasteiger partial charge in [-0.2, -0.15) is 0 Å². The fourth-order valence-electron chi connectivity index (χ4n) is 1.57. The minimum Gasteiger partial charge on any atom is -0.324 e. The molecule has 0 heterocycles. The van der Waals surface area contributed by atoms with E-state index in [1.807, 2.05) is 0 Å². The van der Waals surface area contributed by atoms with Gasteiger partial charge >= 0.3 is 0 Å². The maximum Gasteiger partial charge on any atom is 0.128 e. The average molecular weight is 250 g/mol. The summed E-state index contributed by atoms with van der Waals surface area (Å²) in [5.41, 5.74) is 6.08. The van der Waals surface area contributed by atoms with Crippen LogP contribution in [0.1, 0.15) is 44.2 Å². The Kier molecular flexibility index (Phi) is 7.26. The van der Waals surface area contributed by atoms with Gasteiger partial charge in [-0.15, -0.1) is 12.4 Å². The molecule has 0 aromatic heterocycles. The number of rotatable bonds is 5. The quantitative estimate of drug-likeness (QED) is 0.786. The highest BCUT2D eigenvalue weighted by Gasteiger charge is 2.11. The summed E-state index contributed by atoms with van der Waals surface area (Å²) in [4.78, 5) is 0. The van der Waals surface area contributed by atoms with Crippen molar-refractivity contribution in [3.63, 3.8) is 0 Å². The first-order valence-corrected chi connectivity index (χ1v) is 5.35. The molecule has 16 heavy (non-hydrogen) atoms. The maximum atomic E-state index is 13.3. The number of nitrogens with two attached hydrogens (primary N) is 1. The third-order valence-corrected chi connectivity index (χ3v) is 2.48. The van der Waals surface area contributed by atoms with Gasteiger partial charge in [0.05, 0.1) is 0 Å². The largest absolute Gasteiger partial charge is 0.324 e. The molecular weight excluding hydrogens is 232 g/mol. The Morgan fingerprint density at radius 2 is 1.94 bits per heavy atom. The highest BCUT2D eigenvalue weighted by atomic mass is 35.5. The lowest BCUT2D eigenvalue weighted by molar-refractivity contribution is 0.528. The van der Waals surface area contributed by atoms with Crippen LogP contribution in [0.2, 0.25) is 0 Å². The number of benzene rings is 1. The normalized spacial score (nSPS) is 12.0. The molecule has 1 atom stereocenters. The third kappa shape index (κ3) is 4.45. The third-order valence-electron chi connectivity index (χ3n) is 2.48. The van der Waals surface area contributed by atoms with E-state index in [4.69, 9.17) is 5.73 Å². The van der Waals surface area contributed by atoms with Crippen LogP contribution in [0, 0.1) is 11.6 Å². The summed E-state index contributed by atoms with van der Waals surface area (Å²) < 4.78 is 26.2. The van der Waals surface area contributed by atoms with Crippen LogP contribution in [0.25, 0.3) is 0 Å². The van der Waals surface area contributed by atoms with Crippen molar-refractivity contribution >= 4 is 12.4 Å². The van der Waals surface area contributed by atoms with Crippen LogP contribution in [-0.4, -0.2) is 0 Å². The summed E-state index contributed by atoms with van der Waals surface area (Å²) in [5, 5.41) is 0. The van der Waals surface area contributed by atoms with Crippen LogP contribution in [0.3, 0.4) is 0 Å². The van der Waals surface area contributed by atoms with E-state index in [9.17, 15) is 8.78 Å². The van der Waals surface area contributed by atoms with Crippen molar-refractivity contribution in [1.29, 1.82) is 0 Å². The van der Waals surface area contributed by atoms with Crippen LogP contribution in [0.4, 0.5) is 8.78 Å². The molecule has 0 bridgehead atoms. The molecule has 0 spiro atoms. The van der Waals surface area contributed by atoms with E-state index < -0.39 is 17.7 Å². The number of hydrogen-bond acceptors (Lipinski definition) is 1. The van der Waals surface area contributed by atoms with Gasteiger partial charge in [-0.05, 0) is 24.6 Å². The van der Waals surface area contributed by atoms with Crippen molar-refractivity contribution in [3.05, 3.63) is 35.4 Å². The molecule has 0 saturated heterocycles. The molecule has 1 aromatic carbocycles. The first kappa shape index (κ1) is 15.3. The molecule has 1 aromatic rings. The van der Waals surface area contributed by atoms with Gasteiger partial charge in [0.1, 0.15) is 11.6 Å². The van der Waals surface area contributed by atoms with Gasteiger partial charge in [0, 0.05) is 11.6 Å². The van der Waals surface area contributed by atoms with E-state index in [1.165, 1.54) is 6.07 Å². The molecule has 1 rings (SSSR count). The highest BCUT2D eigenvalue weighted by molar-refractivity contribution is 5.85. The van der Waals surface area contributed by atoms with E-state index in [0.717, 1.165) is 31.4 Å². The molecule has 92 valence electrons. The van der Waals surface area contributed by atoms with E-state index in [-0.39, 0.29) is 18.0 Å². The summed E-state index contributed by atoms with van der Waals surface area (Å²) in [6.45, 7) is 2.09. The van der Waals surface area contributed by atoms with E-state index >= 15 is 0 Å². The first-order chi connectivity index (χ1) is 7.15. The Hall–Kier alpha value is -0.670. The second-order valence-electron chi connectivity index (χ2n) is 3.77. The summed E-state index contributed by atoms with van der Waals surface area (Å²) in [6.07, 6.45) is 3.82. The lowest BCUT2D eigenvalue weighted by Crippen LogP contribution is -2.12. The Morgan fingerprint density at radius 1 is 1.25 bits per heavy atom. The summed E-state index contributed by atoms with van der Waals surface area (Å²) in [6, 6.07) is 3.03. The molecule has 4 heteroatoms. The first-order valence-electron chi connectivity index (χ1n) is 5.35. The fraction of sp³-hybridized carbons (Fsp3) is 0.500. The molecule has 0 fully saturated rings. The van der Waals surface area contributed by atoms with Crippen molar-refractivity contribution < 1.29 is 8.78 Å². The molecular formula is C12H18ClF2N. The highest BCUT2D eigenvalue weighted by Crippen LogP contribution is 2.21. The molecule has 1 unspecified atom stereocenters. The minimum atomic E-state index is -0.433. The SMILES string of the molecule is CCCCCC(N)c1cc(F)ccc1F.Cl. The molecule has 2 N–H and O–H groups in total. The minimum absolute atomic E-state index is 0. The van der Waals surface area contributed by atoms with Gasteiger partial charge in [-0.3, -0.25) is 0 Å². The number of halogens is 3. The molecule has 0 radical (unpaired) electrons. The van der Waals surface area contributed by atoms with E-state index in [0.29, 0.717) is 6.42 Å². The predicted octanol–water partition coefficient (Wildman–Crippen LogP) is 3.97. The summed E-state index contributed by atoms with van der Waals surface area (Å²) in [5.74, 6) is -0.849. The Bertz CT molecular complexity index is 318. The van der Waals surface area contributed by atoms with Crippen molar-refractivity contribution in [2.75, 3.05) is 0 Å². The second-order valence-corrected chi connectivity index (χ2v) is 3.77. The van der Waals surface area contributed by atoms with Crippen molar-refractivity contribution in [2.24, 2.45) is 5.73 Å². The molecule has 0 aliphatic heterocycles. The fourth-order valence-corrected chi connectivity index (χ4v) is 1.57. The van der Waals surface area contributed by atoms with Crippen LogP contribution >= 0.6 is 12.4 Å². The van der Waals surface area contributed by atoms with Crippen LogP contribution in [-0.2, 0) is 0 Å². The zero-order valence-corrected chi connectivity index (χ0v) is 10.2. The molecule has 1 nitrogen and oxygen atoms in total. The average Bonchev–Trinajstić information content (AvgIpc) is 2.22. The second kappa shape index (κ2) is 7.58. The van der Waals surface area contributed by atoms with Crippen LogP contribution in [0.15, 0.2) is 18.2 Å². The summed E-state index contributed by atoms with van der Waals surface area (Å²) in [7, 11) is 0. The molecule has 0 aliphatic carbocycles. The number of hydrogen-bond donors (Lipinski definition) is 1. The molecule has 0 aliphatic rings. The smallest absolute Gasteiger partial charge is 0.128 e. The monoisotopic (exact) mass is 249 g/mol. The maximum absolute atomic E-state index is 13.3. The predicted molar refractivity (Wildman–Crippen MR) is 64.7 cm³/mol. The van der Waals surface area contributed by atoms with Gasteiger partial charge in [0.2, 0.25) is 0 Å². The Balaban J connectivity index is 0.00000225. The van der Waals surface area contributed by atoms with Gasteiger partial charge < -0.3 is 5.73 Å². The van der Waals surface area contributed by atoms with Crippen molar-refractivity contribution in [2.45, 2.75) is 38.6 Å². The molecule has 0 amide bonds. The Morgan fingerprint density at radius 3 is 2.56 bits per heavy atom.